The van der Waals surface area contributed by atoms with Gasteiger partial charge < -0.3 is 10.1 Å². The van der Waals surface area contributed by atoms with Crippen LogP contribution in [0.15, 0.2) is 15.9 Å². The van der Waals surface area contributed by atoms with Crippen molar-refractivity contribution in [3.05, 3.63) is 20.8 Å². The van der Waals surface area contributed by atoms with Gasteiger partial charge in [0.2, 0.25) is 0 Å². The van der Waals surface area contributed by atoms with E-state index in [-0.39, 0.29) is 0 Å². The summed E-state index contributed by atoms with van der Waals surface area (Å²) >= 11 is 5.27. The Bertz CT molecular complexity index is 296. The molecule has 4 heteroatoms. The van der Waals surface area contributed by atoms with E-state index in [0.717, 1.165) is 19.6 Å². The third-order valence-electron chi connectivity index (χ3n) is 2.44. The first-order valence-corrected chi connectivity index (χ1v) is 6.45. The van der Waals surface area contributed by atoms with Crippen molar-refractivity contribution in [2.75, 3.05) is 13.2 Å². The molecule has 0 amide bonds. The molecule has 0 bridgehead atoms. The summed E-state index contributed by atoms with van der Waals surface area (Å²) in [6, 6.07) is 5.23. The fraction of sp³-hybridized carbons (Fsp3) is 0.600. The first-order valence-electron chi connectivity index (χ1n) is 4.85. The normalized spacial score (nSPS) is 24.0. The van der Waals surface area contributed by atoms with Gasteiger partial charge in [-0.1, -0.05) is 0 Å². The monoisotopic (exact) mass is 275 g/mol. The highest BCUT2D eigenvalue weighted by Crippen LogP contribution is 2.27. The molecule has 0 radical (unpaired) electrons. The van der Waals surface area contributed by atoms with E-state index in [4.69, 9.17) is 4.74 Å². The molecule has 2 nitrogen and oxygen atoms in total. The molecule has 78 valence electrons. The molecule has 1 aliphatic heterocycles. The molecule has 0 aliphatic carbocycles. The first kappa shape index (κ1) is 10.6. The maximum atomic E-state index is 5.33. The Balaban J connectivity index is 1.91. The number of hydrogen-bond donors (Lipinski definition) is 1. The van der Waals surface area contributed by atoms with Gasteiger partial charge in [0.05, 0.1) is 10.4 Å². The van der Waals surface area contributed by atoms with Crippen molar-refractivity contribution in [2.45, 2.75) is 25.4 Å². The molecule has 1 aromatic rings. The van der Waals surface area contributed by atoms with Crippen LogP contribution in [0, 0.1) is 0 Å². The minimum atomic E-state index is 0.429. The van der Waals surface area contributed by atoms with Crippen LogP contribution in [0.2, 0.25) is 0 Å². The maximum Gasteiger partial charge on any atom is 0.0701 e. The molecular formula is C10H14BrNOS. The highest BCUT2D eigenvalue weighted by atomic mass is 79.9. The third-order valence-corrected chi connectivity index (χ3v) is 4.24. The molecule has 0 saturated carbocycles. The number of halogens is 1. The Kier molecular flexibility index (Phi) is 3.60. The zero-order valence-electron chi connectivity index (χ0n) is 8.13. The Morgan fingerprint density at radius 2 is 2.50 bits per heavy atom. The molecular weight excluding hydrogens is 262 g/mol. The Hall–Kier alpha value is 0.1000. The van der Waals surface area contributed by atoms with Crippen molar-refractivity contribution in [3.63, 3.8) is 0 Å². The number of thiophene rings is 1. The minimum Gasteiger partial charge on any atom is -0.380 e. The van der Waals surface area contributed by atoms with Gasteiger partial charge in [-0.2, -0.15) is 0 Å². The van der Waals surface area contributed by atoms with Gasteiger partial charge >= 0.3 is 0 Å². The lowest BCUT2D eigenvalue weighted by Gasteiger charge is -2.16. The van der Waals surface area contributed by atoms with Crippen LogP contribution in [0.25, 0.3) is 0 Å². The van der Waals surface area contributed by atoms with Gasteiger partial charge in [-0.3, -0.25) is 0 Å². The molecule has 2 unspecified atom stereocenters. The predicted octanol–water partition coefficient (Wildman–Crippen LogP) is 2.95. The van der Waals surface area contributed by atoms with Gasteiger partial charge in [0, 0.05) is 23.6 Å². The summed E-state index contributed by atoms with van der Waals surface area (Å²) in [4.78, 5) is 1.38. The van der Waals surface area contributed by atoms with E-state index < -0.39 is 0 Å². The van der Waals surface area contributed by atoms with Gasteiger partial charge in [-0.15, -0.1) is 11.3 Å². The molecule has 0 spiro atoms. The van der Waals surface area contributed by atoms with Crippen LogP contribution in [0.1, 0.15) is 24.3 Å². The van der Waals surface area contributed by atoms with Crippen LogP contribution in [0.4, 0.5) is 0 Å². The lowest BCUT2D eigenvalue weighted by atomic mass is 10.2. The lowest BCUT2D eigenvalue weighted by Crippen LogP contribution is -2.31. The van der Waals surface area contributed by atoms with E-state index in [1.54, 1.807) is 11.3 Å². The number of ether oxygens (including phenoxy) is 1. The van der Waals surface area contributed by atoms with E-state index in [0.29, 0.717) is 12.1 Å². The summed E-state index contributed by atoms with van der Waals surface area (Å²) in [6.45, 7) is 3.96. The summed E-state index contributed by atoms with van der Waals surface area (Å²) in [6.07, 6.45) is 1.14. The molecule has 1 saturated heterocycles. The second-order valence-corrected chi connectivity index (χ2v) is 6.09. The first-order chi connectivity index (χ1) is 6.75. The van der Waals surface area contributed by atoms with E-state index in [1.807, 2.05) is 0 Å². The van der Waals surface area contributed by atoms with Crippen molar-refractivity contribution in [1.29, 1.82) is 0 Å². The summed E-state index contributed by atoms with van der Waals surface area (Å²) in [5, 5.41) is 3.57. The summed E-state index contributed by atoms with van der Waals surface area (Å²) in [7, 11) is 0. The van der Waals surface area contributed by atoms with Gasteiger partial charge in [0.1, 0.15) is 0 Å². The lowest BCUT2D eigenvalue weighted by molar-refractivity contribution is 0.188. The average molecular weight is 276 g/mol. The molecule has 1 aliphatic rings. The summed E-state index contributed by atoms with van der Waals surface area (Å²) < 4.78 is 6.53. The molecule has 1 N–H and O–H groups in total. The number of rotatable bonds is 3. The summed E-state index contributed by atoms with van der Waals surface area (Å²) in [5.41, 5.74) is 0. The van der Waals surface area contributed by atoms with Crippen LogP contribution in [0.5, 0.6) is 0 Å². The van der Waals surface area contributed by atoms with Crippen molar-refractivity contribution in [2.24, 2.45) is 0 Å². The molecule has 1 fully saturated rings. The quantitative estimate of drug-likeness (QED) is 0.916. The molecule has 14 heavy (non-hydrogen) atoms. The Morgan fingerprint density at radius 3 is 3.07 bits per heavy atom. The minimum absolute atomic E-state index is 0.429. The molecule has 2 atom stereocenters. The van der Waals surface area contributed by atoms with E-state index in [1.165, 1.54) is 8.66 Å². The van der Waals surface area contributed by atoms with Crippen molar-refractivity contribution in [3.8, 4) is 0 Å². The van der Waals surface area contributed by atoms with Crippen LogP contribution < -0.4 is 5.32 Å². The molecule has 2 heterocycles. The van der Waals surface area contributed by atoms with Gasteiger partial charge in [-0.05, 0) is 41.4 Å². The van der Waals surface area contributed by atoms with E-state index in [9.17, 15) is 0 Å². The predicted molar refractivity (Wildman–Crippen MR) is 62.8 cm³/mol. The van der Waals surface area contributed by atoms with Crippen molar-refractivity contribution >= 4 is 27.3 Å². The zero-order valence-corrected chi connectivity index (χ0v) is 10.5. The third kappa shape index (κ3) is 2.57. The molecule has 0 aromatic carbocycles. The van der Waals surface area contributed by atoms with Crippen LogP contribution >= 0.6 is 27.3 Å². The fourth-order valence-electron chi connectivity index (χ4n) is 1.66. The standard InChI is InChI=1S/C10H14BrNOS/c1-7(9-2-3-10(11)14-9)12-8-4-5-13-6-8/h2-3,7-8,12H,4-6H2,1H3. The van der Waals surface area contributed by atoms with Crippen LogP contribution in [-0.4, -0.2) is 19.3 Å². The van der Waals surface area contributed by atoms with Gasteiger partial charge in [0.25, 0.3) is 0 Å². The molecule has 1 aromatic heterocycles. The highest BCUT2D eigenvalue weighted by molar-refractivity contribution is 9.11. The van der Waals surface area contributed by atoms with Crippen molar-refractivity contribution in [1.82, 2.24) is 5.32 Å². The van der Waals surface area contributed by atoms with E-state index >= 15 is 0 Å². The maximum absolute atomic E-state index is 5.33. The van der Waals surface area contributed by atoms with Crippen LogP contribution in [0.3, 0.4) is 0 Å². The van der Waals surface area contributed by atoms with Crippen LogP contribution in [-0.2, 0) is 4.74 Å². The largest absolute Gasteiger partial charge is 0.380 e. The van der Waals surface area contributed by atoms with Crippen molar-refractivity contribution < 1.29 is 4.74 Å². The summed E-state index contributed by atoms with van der Waals surface area (Å²) in [5.74, 6) is 0. The second-order valence-electron chi connectivity index (χ2n) is 3.59. The highest BCUT2D eigenvalue weighted by Gasteiger charge is 2.18. The zero-order chi connectivity index (χ0) is 9.97. The Morgan fingerprint density at radius 1 is 1.64 bits per heavy atom. The second kappa shape index (κ2) is 4.75. The fourth-order valence-corrected chi connectivity index (χ4v) is 3.10. The van der Waals surface area contributed by atoms with Gasteiger partial charge in [-0.25, -0.2) is 0 Å². The topological polar surface area (TPSA) is 21.3 Å². The number of hydrogen-bond acceptors (Lipinski definition) is 3. The SMILES string of the molecule is CC(NC1CCOC1)c1ccc(Br)s1. The smallest absolute Gasteiger partial charge is 0.0701 e. The average Bonchev–Trinajstić information content (AvgIpc) is 2.75. The molecule has 2 rings (SSSR count). The Labute approximate surface area is 96.8 Å². The van der Waals surface area contributed by atoms with Gasteiger partial charge in [0.15, 0.2) is 0 Å². The number of nitrogens with one attached hydrogen (secondary N) is 1. The van der Waals surface area contributed by atoms with E-state index in [2.05, 4.69) is 40.3 Å².